The molecular formula is C11H18N2O. The van der Waals surface area contributed by atoms with Crippen LogP contribution >= 0.6 is 0 Å². The van der Waals surface area contributed by atoms with E-state index < -0.39 is 0 Å². The summed E-state index contributed by atoms with van der Waals surface area (Å²) in [6, 6.07) is 2.23. The predicted octanol–water partition coefficient (Wildman–Crippen LogP) is 1.80. The molecule has 1 aliphatic heterocycles. The number of epoxide rings is 1. The first-order valence-electron chi connectivity index (χ1n) is 5.50. The summed E-state index contributed by atoms with van der Waals surface area (Å²) < 4.78 is 7.32. The van der Waals surface area contributed by atoms with Gasteiger partial charge in [-0.25, -0.2) is 0 Å². The van der Waals surface area contributed by atoms with Crippen LogP contribution in [0.5, 0.6) is 0 Å². The molecule has 1 fully saturated rings. The van der Waals surface area contributed by atoms with Crippen molar-refractivity contribution >= 4 is 0 Å². The van der Waals surface area contributed by atoms with Gasteiger partial charge >= 0.3 is 0 Å². The lowest BCUT2D eigenvalue weighted by Crippen LogP contribution is -2.04. The molecule has 1 atom stereocenters. The van der Waals surface area contributed by atoms with Crippen molar-refractivity contribution in [1.29, 1.82) is 0 Å². The summed E-state index contributed by atoms with van der Waals surface area (Å²) >= 11 is 0. The van der Waals surface area contributed by atoms with Crippen molar-refractivity contribution in [2.75, 3.05) is 6.61 Å². The van der Waals surface area contributed by atoms with E-state index in [1.807, 2.05) is 0 Å². The van der Waals surface area contributed by atoms with E-state index in [9.17, 15) is 0 Å². The molecule has 78 valence electrons. The third kappa shape index (κ3) is 2.15. The minimum atomic E-state index is 0.528. The largest absolute Gasteiger partial charge is 0.373 e. The second-order valence-corrected chi connectivity index (χ2v) is 3.79. The summed E-state index contributed by atoms with van der Waals surface area (Å²) in [5, 5.41) is 4.52. The van der Waals surface area contributed by atoms with E-state index in [2.05, 4.69) is 29.7 Å². The van der Waals surface area contributed by atoms with Crippen molar-refractivity contribution < 1.29 is 4.74 Å². The summed E-state index contributed by atoms with van der Waals surface area (Å²) in [5.74, 6) is 0. The highest BCUT2D eigenvalue weighted by Gasteiger charge is 2.22. The number of hydrogen-bond donors (Lipinski definition) is 0. The summed E-state index contributed by atoms with van der Waals surface area (Å²) in [6.45, 7) is 6.22. The van der Waals surface area contributed by atoms with Gasteiger partial charge in [0, 0.05) is 12.2 Å². The summed E-state index contributed by atoms with van der Waals surface area (Å²) in [5.41, 5.74) is 2.57. The Morgan fingerprint density at radius 3 is 2.93 bits per heavy atom. The van der Waals surface area contributed by atoms with Crippen LogP contribution in [0.2, 0.25) is 0 Å². The minimum absolute atomic E-state index is 0.528. The highest BCUT2D eigenvalue weighted by atomic mass is 16.6. The lowest BCUT2D eigenvalue weighted by atomic mass is 10.2. The Morgan fingerprint density at radius 2 is 2.36 bits per heavy atom. The van der Waals surface area contributed by atoms with Gasteiger partial charge in [-0.1, -0.05) is 6.92 Å². The van der Waals surface area contributed by atoms with Gasteiger partial charge in [-0.2, -0.15) is 5.10 Å². The zero-order chi connectivity index (χ0) is 9.97. The number of nitrogens with zero attached hydrogens (tertiary/aromatic N) is 2. The topological polar surface area (TPSA) is 30.4 Å². The number of rotatable bonds is 5. The number of ether oxygens (including phenoxy) is 1. The third-order valence-corrected chi connectivity index (χ3v) is 2.70. The molecule has 0 aliphatic carbocycles. The van der Waals surface area contributed by atoms with Crippen molar-refractivity contribution in [1.82, 2.24) is 9.78 Å². The molecule has 2 heterocycles. The molecule has 0 saturated carbocycles. The second kappa shape index (κ2) is 4.13. The van der Waals surface area contributed by atoms with Gasteiger partial charge in [-0.15, -0.1) is 0 Å². The highest BCUT2D eigenvalue weighted by Crippen LogP contribution is 2.17. The van der Waals surface area contributed by atoms with Crippen molar-refractivity contribution in [2.45, 2.75) is 45.8 Å². The van der Waals surface area contributed by atoms with Crippen LogP contribution in [0.1, 0.15) is 31.7 Å². The van der Waals surface area contributed by atoms with Gasteiger partial charge in [0.2, 0.25) is 0 Å². The fourth-order valence-corrected chi connectivity index (χ4v) is 1.71. The molecule has 0 spiro atoms. The average molecular weight is 194 g/mol. The Morgan fingerprint density at radius 1 is 1.57 bits per heavy atom. The fraction of sp³-hybridized carbons (Fsp3) is 0.727. The Labute approximate surface area is 85.1 Å². The smallest absolute Gasteiger partial charge is 0.0813 e. The molecule has 0 amide bonds. The van der Waals surface area contributed by atoms with Crippen LogP contribution in [0.3, 0.4) is 0 Å². The molecule has 14 heavy (non-hydrogen) atoms. The third-order valence-electron chi connectivity index (χ3n) is 2.70. The molecule has 0 radical (unpaired) electrons. The van der Waals surface area contributed by atoms with Gasteiger partial charge in [0.05, 0.1) is 18.4 Å². The Hall–Kier alpha value is -0.830. The first-order valence-corrected chi connectivity index (χ1v) is 5.50. The van der Waals surface area contributed by atoms with Gasteiger partial charge < -0.3 is 4.74 Å². The fourth-order valence-electron chi connectivity index (χ4n) is 1.71. The zero-order valence-corrected chi connectivity index (χ0v) is 8.99. The Kier molecular flexibility index (Phi) is 2.87. The van der Waals surface area contributed by atoms with E-state index >= 15 is 0 Å². The first kappa shape index (κ1) is 9.71. The molecule has 0 bridgehead atoms. The van der Waals surface area contributed by atoms with Gasteiger partial charge in [0.25, 0.3) is 0 Å². The van der Waals surface area contributed by atoms with Crippen LogP contribution in [-0.4, -0.2) is 22.5 Å². The molecule has 1 aromatic heterocycles. The minimum Gasteiger partial charge on any atom is -0.373 e. The van der Waals surface area contributed by atoms with E-state index in [1.54, 1.807) is 0 Å². The summed E-state index contributed by atoms with van der Waals surface area (Å²) in [7, 11) is 0. The monoisotopic (exact) mass is 194 g/mol. The molecule has 2 rings (SSSR count). The van der Waals surface area contributed by atoms with E-state index in [1.165, 1.54) is 11.4 Å². The average Bonchev–Trinajstić information content (AvgIpc) is 2.95. The van der Waals surface area contributed by atoms with Crippen LogP contribution < -0.4 is 0 Å². The lowest BCUT2D eigenvalue weighted by molar-refractivity contribution is 0.394. The normalized spacial score (nSPS) is 20.0. The van der Waals surface area contributed by atoms with E-state index in [0.29, 0.717) is 6.10 Å². The van der Waals surface area contributed by atoms with Gasteiger partial charge in [0.1, 0.15) is 0 Å². The maximum absolute atomic E-state index is 5.21. The molecular weight excluding hydrogens is 176 g/mol. The standard InChI is InChI=1S/C11H18N2O/c1-3-9-7-10(13(4-2)12-9)5-6-11-8-14-11/h7,11H,3-6,8H2,1-2H3. The maximum atomic E-state index is 5.21. The van der Waals surface area contributed by atoms with Crippen LogP contribution in [0, 0.1) is 0 Å². The van der Waals surface area contributed by atoms with Gasteiger partial charge in [0.15, 0.2) is 0 Å². The van der Waals surface area contributed by atoms with E-state index in [4.69, 9.17) is 4.74 Å². The molecule has 0 N–H and O–H groups in total. The molecule has 1 aliphatic rings. The zero-order valence-electron chi connectivity index (χ0n) is 8.99. The van der Waals surface area contributed by atoms with Crippen LogP contribution in [0.25, 0.3) is 0 Å². The molecule has 1 aromatic rings. The van der Waals surface area contributed by atoms with Gasteiger partial charge in [-0.3, -0.25) is 4.68 Å². The second-order valence-electron chi connectivity index (χ2n) is 3.79. The van der Waals surface area contributed by atoms with E-state index in [0.717, 1.165) is 32.4 Å². The predicted molar refractivity (Wildman–Crippen MR) is 55.3 cm³/mol. The van der Waals surface area contributed by atoms with Crippen LogP contribution in [0.15, 0.2) is 6.07 Å². The molecule has 3 heteroatoms. The number of aromatic nitrogens is 2. The first-order chi connectivity index (χ1) is 6.83. The Bertz CT molecular complexity index is 302. The van der Waals surface area contributed by atoms with Crippen molar-refractivity contribution in [3.05, 3.63) is 17.5 Å². The number of aryl methyl sites for hydroxylation is 3. The summed E-state index contributed by atoms with van der Waals surface area (Å²) in [6.07, 6.45) is 3.81. The maximum Gasteiger partial charge on any atom is 0.0813 e. The van der Waals surface area contributed by atoms with E-state index in [-0.39, 0.29) is 0 Å². The number of hydrogen-bond acceptors (Lipinski definition) is 2. The van der Waals surface area contributed by atoms with Crippen LogP contribution in [-0.2, 0) is 24.1 Å². The molecule has 0 aromatic carbocycles. The van der Waals surface area contributed by atoms with Crippen molar-refractivity contribution in [2.24, 2.45) is 0 Å². The Balaban J connectivity index is 2.00. The van der Waals surface area contributed by atoms with Gasteiger partial charge in [-0.05, 0) is 32.3 Å². The van der Waals surface area contributed by atoms with Crippen molar-refractivity contribution in [3.8, 4) is 0 Å². The SMILES string of the molecule is CCc1cc(CCC2CO2)n(CC)n1. The highest BCUT2D eigenvalue weighted by molar-refractivity contribution is 5.11. The molecule has 1 saturated heterocycles. The summed E-state index contributed by atoms with van der Waals surface area (Å²) in [4.78, 5) is 0. The van der Waals surface area contributed by atoms with Crippen molar-refractivity contribution in [3.63, 3.8) is 0 Å². The molecule has 3 nitrogen and oxygen atoms in total. The lowest BCUT2D eigenvalue weighted by Gasteiger charge is -2.02. The molecule has 1 unspecified atom stereocenters. The quantitative estimate of drug-likeness (QED) is 0.669. The van der Waals surface area contributed by atoms with Crippen LogP contribution in [0.4, 0.5) is 0 Å².